The highest BCUT2D eigenvalue weighted by atomic mass is 16.2. The van der Waals surface area contributed by atoms with E-state index in [0.29, 0.717) is 33.6 Å². The molecule has 2 N–H and O–H groups in total. The number of fused-ring (bicyclic) bond motifs is 1. The number of rotatable bonds is 4. The summed E-state index contributed by atoms with van der Waals surface area (Å²) >= 11 is 0. The van der Waals surface area contributed by atoms with Crippen LogP contribution in [0.15, 0.2) is 85.1 Å². The average molecular weight is 392 g/mol. The van der Waals surface area contributed by atoms with Gasteiger partial charge in [-0.2, -0.15) is 5.26 Å². The third kappa shape index (κ3) is 4.01. The SMILES string of the molecule is N#Cc1ccc(NC(=O)c2ccc(C(=O)Nc3cccc4cccnc34)cc2)cc1. The molecule has 144 valence electrons. The van der Waals surface area contributed by atoms with E-state index < -0.39 is 0 Å². The Kier molecular flexibility index (Phi) is 5.18. The molecule has 0 aliphatic heterocycles. The van der Waals surface area contributed by atoms with Crippen LogP contribution in [-0.4, -0.2) is 16.8 Å². The Morgan fingerprint density at radius 1 is 0.767 bits per heavy atom. The van der Waals surface area contributed by atoms with Crippen molar-refractivity contribution in [1.82, 2.24) is 4.98 Å². The highest BCUT2D eigenvalue weighted by molar-refractivity contribution is 6.09. The van der Waals surface area contributed by atoms with Crippen LogP contribution in [0.2, 0.25) is 0 Å². The van der Waals surface area contributed by atoms with Gasteiger partial charge in [-0.05, 0) is 60.7 Å². The number of nitrogens with zero attached hydrogens (tertiary/aromatic N) is 2. The number of aromatic nitrogens is 1. The number of carbonyl (C=O) groups excluding carboxylic acids is 2. The molecule has 0 saturated heterocycles. The van der Waals surface area contributed by atoms with Gasteiger partial charge < -0.3 is 10.6 Å². The first-order chi connectivity index (χ1) is 14.6. The summed E-state index contributed by atoms with van der Waals surface area (Å²) in [5, 5.41) is 15.4. The molecular weight excluding hydrogens is 376 g/mol. The molecule has 6 heteroatoms. The van der Waals surface area contributed by atoms with Crippen molar-refractivity contribution >= 4 is 34.1 Å². The maximum atomic E-state index is 12.6. The Balaban J connectivity index is 1.46. The quantitative estimate of drug-likeness (QED) is 0.530. The van der Waals surface area contributed by atoms with Gasteiger partial charge in [0.25, 0.3) is 11.8 Å². The molecule has 6 nitrogen and oxygen atoms in total. The number of benzene rings is 3. The fraction of sp³-hybridized carbons (Fsp3) is 0. The second-order valence-electron chi connectivity index (χ2n) is 6.56. The molecule has 30 heavy (non-hydrogen) atoms. The molecule has 0 aliphatic rings. The van der Waals surface area contributed by atoms with Crippen molar-refractivity contribution in [2.45, 2.75) is 0 Å². The zero-order valence-electron chi connectivity index (χ0n) is 15.8. The van der Waals surface area contributed by atoms with Crippen molar-refractivity contribution in [3.8, 4) is 6.07 Å². The molecule has 0 atom stereocenters. The van der Waals surface area contributed by atoms with Crippen molar-refractivity contribution in [3.63, 3.8) is 0 Å². The lowest BCUT2D eigenvalue weighted by Gasteiger charge is -2.09. The van der Waals surface area contributed by atoms with Crippen LogP contribution < -0.4 is 10.6 Å². The lowest BCUT2D eigenvalue weighted by Crippen LogP contribution is -2.14. The second kappa shape index (κ2) is 8.25. The lowest BCUT2D eigenvalue weighted by molar-refractivity contribution is 0.101. The topological polar surface area (TPSA) is 94.9 Å². The van der Waals surface area contributed by atoms with Gasteiger partial charge in [0, 0.05) is 28.4 Å². The molecule has 0 radical (unpaired) electrons. The van der Waals surface area contributed by atoms with E-state index >= 15 is 0 Å². The fourth-order valence-corrected chi connectivity index (χ4v) is 3.00. The third-order valence-corrected chi connectivity index (χ3v) is 4.56. The van der Waals surface area contributed by atoms with Crippen LogP contribution in [0.5, 0.6) is 0 Å². The summed E-state index contributed by atoms with van der Waals surface area (Å²) in [4.78, 5) is 29.4. The van der Waals surface area contributed by atoms with Gasteiger partial charge in [0.05, 0.1) is 22.8 Å². The number of nitriles is 1. The number of pyridine rings is 1. The van der Waals surface area contributed by atoms with Crippen LogP contribution in [0.1, 0.15) is 26.3 Å². The molecule has 2 amide bonds. The first-order valence-electron chi connectivity index (χ1n) is 9.21. The Labute approximate surface area is 172 Å². The van der Waals surface area contributed by atoms with Gasteiger partial charge in [0.15, 0.2) is 0 Å². The van der Waals surface area contributed by atoms with Gasteiger partial charge in [-0.15, -0.1) is 0 Å². The largest absolute Gasteiger partial charge is 0.322 e. The van der Waals surface area contributed by atoms with E-state index in [9.17, 15) is 9.59 Å². The number of amides is 2. The summed E-state index contributed by atoms with van der Waals surface area (Å²) in [6, 6.07) is 24.4. The van der Waals surface area contributed by atoms with Crippen LogP contribution in [0.3, 0.4) is 0 Å². The van der Waals surface area contributed by atoms with Crippen molar-refractivity contribution in [2.24, 2.45) is 0 Å². The number of carbonyl (C=O) groups is 2. The van der Waals surface area contributed by atoms with Gasteiger partial charge in [-0.3, -0.25) is 14.6 Å². The van der Waals surface area contributed by atoms with E-state index in [-0.39, 0.29) is 11.8 Å². The Bertz CT molecular complexity index is 1270. The molecule has 0 unspecified atom stereocenters. The zero-order chi connectivity index (χ0) is 20.9. The van der Waals surface area contributed by atoms with Gasteiger partial charge >= 0.3 is 0 Å². The minimum Gasteiger partial charge on any atom is -0.322 e. The van der Waals surface area contributed by atoms with E-state index in [1.807, 2.05) is 30.3 Å². The number of hydrogen-bond donors (Lipinski definition) is 2. The van der Waals surface area contributed by atoms with Gasteiger partial charge in [-0.25, -0.2) is 0 Å². The summed E-state index contributed by atoms with van der Waals surface area (Å²) in [5.74, 6) is -0.586. The van der Waals surface area contributed by atoms with Gasteiger partial charge in [0.2, 0.25) is 0 Å². The Morgan fingerprint density at radius 2 is 1.40 bits per heavy atom. The number of anilines is 2. The van der Waals surface area contributed by atoms with E-state index in [0.717, 1.165) is 5.39 Å². The maximum Gasteiger partial charge on any atom is 0.255 e. The standard InChI is InChI=1S/C24H16N4O2/c25-15-16-6-12-20(13-7-16)27-23(29)18-8-10-19(11-9-18)24(30)28-21-5-1-3-17-4-2-14-26-22(17)21/h1-14H,(H,27,29)(H,28,30). The van der Waals surface area contributed by atoms with Crippen molar-refractivity contribution in [3.05, 3.63) is 102 Å². The molecule has 1 heterocycles. The molecule has 0 spiro atoms. The van der Waals surface area contributed by atoms with Gasteiger partial charge in [0.1, 0.15) is 0 Å². The summed E-state index contributed by atoms with van der Waals surface area (Å²) in [6.45, 7) is 0. The molecule has 4 rings (SSSR count). The van der Waals surface area contributed by atoms with E-state index in [1.54, 1.807) is 60.8 Å². The van der Waals surface area contributed by atoms with Crippen molar-refractivity contribution in [2.75, 3.05) is 10.6 Å². The molecule has 0 bridgehead atoms. The summed E-state index contributed by atoms with van der Waals surface area (Å²) in [5.41, 5.74) is 3.29. The highest BCUT2D eigenvalue weighted by Crippen LogP contribution is 2.21. The number of hydrogen-bond acceptors (Lipinski definition) is 4. The first-order valence-corrected chi connectivity index (χ1v) is 9.21. The summed E-state index contributed by atoms with van der Waals surface area (Å²) in [6.07, 6.45) is 1.68. The van der Waals surface area contributed by atoms with Crippen LogP contribution in [0.4, 0.5) is 11.4 Å². The minimum absolute atomic E-state index is 0.285. The predicted octanol–water partition coefficient (Wildman–Crippen LogP) is 4.61. The predicted molar refractivity (Wildman–Crippen MR) is 115 cm³/mol. The van der Waals surface area contributed by atoms with Crippen molar-refractivity contribution < 1.29 is 9.59 Å². The molecule has 3 aromatic carbocycles. The van der Waals surface area contributed by atoms with Crippen LogP contribution in [-0.2, 0) is 0 Å². The molecule has 1 aromatic heterocycles. The summed E-state index contributed by atoms with van der Waals surface area (Å²) < 4.78 is 0. The highest BCUT2D eigenvalue weighted by Gasteiger charge is 2.11. The van der Waals surface area contributed by atoms with Crippen LogP contribution >= 0.6 is 0 Å². The van der Waals surface area contributed by atoms with E-state index in [4.69, 9.17) is 5.26 Å². The Morgan fingerprint density at radius 3 is 2.07 bits per heavy atom. The molecular formula is C24H16N4O2. The van der Waals surface area contributed by atoms with Crippen molar-refractivity contribution in [1.29, 1.82) is 5.26 Å². The molecule has 4 aromatic rings. The minimum atomic E-state index is -0.301. The van der Waals surface area contributed by atoms with Gasteiger partial charge in [-0.1, -0.05) is 18.2 Å². The number of nitrogens with one attached hydrogen (secondary N) is 2. The average Bonchev–Trinajstić information content (AvgIpc) is 2.80. The summed E-state index contributed by atoms with van der Waals surface area (Å²) in [7, 11) is 0. The monoisotopic (exact) mass is 392 g/mol. The number of para-hydroxylation sites is 1. The van der Waals surface area contributed by atoms with Crippen LogP contribution in [0, 0.1) is 11.3 Å². The van der Waals surface area contributed by atoms with Crippen LogP contribution in [0.25, 0.3) is 10.9 Å². The third-order valence-electron chi connectivity index (χ3n) is 4.56. The Hall–Kier alpha value is -4.50. The lowest BCUT2D eigenvalue weighted by atomic mass is 10.1. The zero-order valence-corrected chi connectivity index (χ0v) is 15.8. The molecule has 0 saturated carbocycles. The fourth-order valence-electron chi connectivity index (χ4n) is 3.00. The van der Waals surface area contributed by atoms with E-state index in [2.05, 4.69) is 15.6 Å². The maximum absolute atomic E-state index is 12.6. The normalized spacial score (nSPS) is 10.2. The first kappa shape index (κ1) is 18.8. The van der Waals surface area contributed by atoms with E-state index in [1.165, 1.54) is 0 Å². The smallest absolute Gasteiger partial charge is 0.255 e. The second-order valence-corrected chi connectivity index (χ2v) is 6.56. The molecule has 0 fully saturated rings. The molecule has 0 aliphatic carbocycles.